The molecule has 0 atom stereocenters. The van der Waals surface area contributed by atoms with Gasteiger partial charge < -0.3 is 0 Å². The van der Waals surface area contributed by atoms with Gasteiger partial charge in [0.2, 0.25) is 0 Å². The SMILES string of the molecule is CC(C)(C)CCCNC(=O)[CH2][Sn]=[O]. The van der Waals surface area contributed by atoms with Crippen LogP contribution >= 0.6 is 0 Å². The predicted octanol–water partition coefficient (Wildman–Crippen LogP) is 1.40. The Morgan fingerprint density at radius 3 is 2.46 bits per heavy atom. The van der Waals surface area contributed by atoms with Crippen LogP contribution in [0.4, 0.5) is 0 Å². The monoisotopic (exact) mass is 292 g/mol. The van der Waals surface area contributed by atoms with Crippen LogP contribution in [0.5, 0.6) is 0 Å². The van der Waals surface area contributed by atoms with Gasteiger partial charge in [-0.2, -0.15) is 0 Å². The number of hydrogen-bond donors (Lipinski definition) is 1. The molecule has 0 fully saturated rings. The predicted molar refractivity (Wildman–Crippen MR) is 52.9 cm³/mol. The molecular weight excluding hydrogens is 273 g/mol. The molecule has 0 unspecified atom stereocenters. The van der Waals surface area contributed by atoms with Gasteiger partial charge in [0.05, 0.1) is 0 Å². The van der Waals surface area contributed by atoms with Crippen molar-refractivity contribution in [3.8, 4) is 0 Å². The Labute approximate surface area is 90.3 Å². The molecule has 4 heteroatoms. The number of rotatable bonds is 5. The topological polar surface area (TPSA) is 46.2 Å². The van der Waals surface area contributed by atoms with E-state index in [4.69, 9.17) is 0 Å². The van der Waals surface area contributed by atoms with Crippen molar-refractivity contribution in [2.45, 2.75) is 38.0 Å². The van der Waals surface area contributed by atoms with Gasteiger partial charge in [-0.05, 0) is 0 Å². The summed E-state index contributed by atoms with van der Waals surface area (Å²) in [5.41, 5.74) is 0.333. The van der Waals surface area contributed by atoms with Crippen LogP contribution in [0.25, 0.3) is 0 Å². The molecule has 0 saturated heterocycles. The number of carbonyl (C=O) groups excluding carboxylic acids is 1. The van der Waals surface area contributed by atoms with E-state index < -0.39 is 21.1 Å². The molecule has 0 aromatic rings. The summed E-state index contributed by atoms with van der Waals surface area (Å²) in [6.45, 7) is 7.26. The van der Waals surface area contributed by atoms with Gasteiger partial charge in [-0.15, -0.1) is 0 Å². The average molecular weight is 291 g/mol. The average Bonchev–Trinajstić information content (AvgIpc) is 1.97. The minimum atomic E-state index is -1.59. The zero-order valence-corrected chi connectivity index (χ0v) is 11.5. The Hall–Kier alpha value is 0.0687. The summed E-state index contributed by atoms with van der Waals surface area (Å²) >= 11 is -1.59. The van der Waals surface area contributed by atoms with Gasteiger partial charge in [0.25, 0.3) is 0 Å². The molecular formula is C9H18NO2Sn. The van der Waals surface area contributed by atoms with Crippen LogP contribution in [0, 0.1) is 5.41 Å². The summed E-state index contributed by atoms with van der Waals surface area (Å²) < 4.78 is 10.5. The molecule has 0 bridgehead atoms. The van der Waals surface area contributed by atoms with Crippen LogP contribution in [0.1, 0.15) is 33.6 Å². The van der Waals surface area contributed by atoms with Gasteiger partial charge in [0.1, 0.15) is 0 Å². The molecule has 0 heterocycles. The summed E-state index contributed by atoms with van der Waals surface area (Å²) in [7, 11) is 0. The van der Waals surface area contributed by atoms with E-state index in [1.807, 2.05) is 0 Å². The third-order valence-corrected chi connectivity index (χ3v) is 2.99. The maximum atomic E-state index is 10.9. The Bertz CT molecular complexity index is 175. The van der Waals surface area contributed by atoms with E-state index in [2.05, 4.69) is 26.1 Å². The molecule has 0 aromatic carbocycles. The Morgan fingerprint density at radius 1 is 1.38 bits per heavy atom. The molecule has 1 radical (unpaired) electrons. The fourth-order valence-electron chi connectivity index (χ4n) is 0.975. The first-order valence-corrected chi connectivity index (χ1v) is 7.76. The second-order valence-corrected chi connectivity index (χ2v) is 6.17. The number of nitrogens with one attached hydrogen (secondary N) is 1. The molecule has 0 rings (SSSR count). The van der Waals surface area contributed by atoms with Crippen LogP contribution in [0.2, 0.25) is 4.44 Å². The van der Waals surface area contributed by atoms with Crippen molar-refractivity contribution < 1.29 is 7.87 Å². The van der Waals surface area contributed by atoms with Crippen molar-refractivity contribution in [2.24, 2.45) is 5.41 Å². The summed E-state index contributed by atoms with van der Waals surface area (Å²) in [4.78, 5) is 10.9. The standard InChI is InChI=1S/C9H18NO.O.Sn/c1-8(11)10-7-5-6-9(2,3)4;;/h1,5-7H2,2-4H3,(H,10,11);;. The van der Waals surface area contributed by atoms with Gasteiger partial charge in [-0.1, -0.05) is 0 Å². The van der Waals surface area contributed by atoms with Crippen LogP contribution in [0.15, 0.2) is 0 Å². The molecule has 13 heavy (non-hydrogen) atoms. The van der Waals surface area contributed by atoms with Crippen LogP contribution in [-0.2, 0) is 7.87 Å². The second kappa shape index (κ2) is 6.51. The Balaban J connectivity index is 3.36. The number of hydrogen-bond acceptors (Lipinski definition) is 2. The van der Waals surface area contributed by atoms with Crippen LogP contribution in [0.3, 0.4) is 0 Å². The van der Waals surface area contributed by atoms with Crippen molar-refractivity contribution in [1.29, 1.82) is 0 Å². The first-order valence-electron chi connectivity index (χ1n) is 4.57. The summed E-state index contributed by atoms with van der Waals surface area (Å²) in [6, 6.07) is 0. The second-order valence-electron chi connectivity index (χ2n) is 4.34. The number of amides is 1. The van der Waals surface area contributed by atoms with E-state index in [1.54, 1.807) is 0 Å². The molecule has 0 aliphatic heterocycles. The first kappa shape index (κ1) is 13.1. The van der Waals surface area contributed by atoms with Crippen molar-refractivity contribution >= 4 is 27.0 Å². The van der Waals surface area contributed by atoms with E-state index in [0.717, 1.165) is 19.4 Å². The molecule has 0 spiro atoms. The molecule has 0 aromatic heterocycles. The van der Waals surface area contributed by atoms with Gasteiger partial charge in [-0.25, -0.2) is 0 Å². The van der Waals surface area contributed by atoms with Crippen molar-refractivity contribution in [3.63, 3.8) is 0 Å². The van der Waals surface area contributed by atoms with Gasteiger partial charge in [-0.3, -0.25) is 0 Å². The first-order chi connectivity index (χ1) is 5.95. The van der Waals surface area contributed by atoms with Gasteiger partial charge in [0, 0.05) is 0 Å². The van der Waals surface area contributed by atoms with E-state index >= 15 is 0 Å². The maximum absolute atomic E-state index is 10.9. The van der Waals surface area contributed by atoms with Crippen molar-refractivity contribution in [3.05, 3.63) is 0 Å². The minimum absolute atomic E-state index is 0.0458. The zero-order valence-electron chi connectivity index (χ0n) is 8.64. The van der Waals surface area contributed by atoms with E-state index in [1.165, 1.54) is 0 Å². The van der Waals surface area contributed by atoms with E-state index in [0.29, 0.717) is 5.41 Å². The quantitative estimate of drug-likeness (QED) is 0.614. The summed E-state index contributed by atoms with van der Waals surface area (Å²) in [5, 5.41) is 2.76. The number of carbonyl (C=O) groups is 1. The normalized spacial score (nSPS) is 11.0. The van der Waals surface area contributed by atoms with Gasteiger partial charge in [0.15, 0.2) is 0 Å². The van der Waals surface area contributed by atoms with Gasteiger partial charge >= 0.3 is 90.2 Å². The van der Waals surface area contributed by atoms with E-state index in [-0.39, 0.29) is 10.3 Å². The Kier molecular flexibility index (Phi) is 6.55. The zero-order chi connectivity index (χ0) is 10.3. The van der Waals surface area contributed by atoms with Crippen LogP contribution in [-0.4, -0.2) is 33.6 Å². The third kappa shape index (κ3) is 9.99. The molecule has 75 valence electrons. The fourth-order valence-corrected chi connectivity index (χ4v) is 1.71. The summed E-state index contributed by atoms with van der Waals surface area (Å²) in [6.07, 6.45) is 2.10. The van der Waals surface area contributed by atoms with Crippen molar-refractivity contribution in [1.82, 2.24) is 5.32 Å². The van der Waals surface area contributed by atoms with E-state index in [9.17, 15) is 7.87 Å². The Morgan fingerprint density at radius 2 is 2.00 bits per heavy atom. The molecule has 0 aliphatic carbocycles. The third-order valence-electron chi connectivity index (χ3n) is 1.66. The molecule has 0 saturated carbocycles. The molecule has 1 amide bonds. The molecule has 3 nitrogen and oxygen atoms in total. The molecule has 1 N–H and O–H groups in total. The fraction of sp³-hybridized carbons (Fsp3) is 0.889. The van der Waals surface area contributed by atoms with Crippen molar-refractivity contribution in [2.75, 3.05) is 6.54 Å². The molecule has 0 aliphatic rings. The van der Waals surface area contributed by atoms with Crippen LogP contribution < -0.4 is 5.32 Å². The summed E-state index contributed by atoms with van der Waals surface area (Å²) in [5.74, 6) is -0.0458.